The molecular weight excluding hydrogens is 487 g/mol. The predicted molar refractivity (Wildman–Crippen MR) is 132 cm³/mol. The number of hydrogen-bond acceptors (Lipinski definition) is 4. The van der Waals surface area contributed by atoms with Gasteiger partial charge in [-0.1, -0.05) is 45.0 Å². The highest BCUT2D eigenvalue weighted by Gasteiger charge is 2.45. The van der Waals surface area contributed by atoms with Crippen LogP contribution in [0, 0.1) is 0 Å². The zero-order chi connectivity index (χ0) is 27.4. The SMILES string of the molecule is CCC1(CC)N=C(c2cccc(C(F)(F)F)c2)C(=O)N1CC(C)c1ccc(C(=O)NCCC(=O)O)cc1. The molecule has 0 saturated carbocycles. The third kappa shape index (κ3) is 6.18. The maximum absolute atomic E-state index is 13.5. The number of aliphatic carboxylic acids is 1. The quantitative estimate of drug-likeness (QED) is 0.470. The number of nitrogens with one attached hydrogen (secondary N) is 1. The second-order valence-corrected chi connectivity index (χ2v) is 9.07. The van der Waals surface area contributed by atoms with Crippen molar-refractivity contribution in [2.24, 2.45) is 4.99 Å². The molecular formula is C27H30F3N3O4. The zero-order valence-electron chi connectivity index (χ0n) is 20.9. The van der Waals surface area contributed by atoms with Crippen LogP contribution in [0.15, 0.2) is 53.5 Å². The van der Waals surface area contributed by atoms with Crippen molar-refractivity contribution in [3.63, 3.8) is 0 Å². The van der Waals surface area contributed by atoms with Gasteiger partial charge in [0, 0.05) is 24.2 Å². The van der Waals surface area contributed by atoms with Crippen LogP contribution in [0.5, 0.6) is 0 Å². The standard InChI is InChI=1S/C27H30F3N3O4/c1-4-26(5-2)32-23(20-7-6-8-21(15-20)27(28,29)30)25(37)33(26)16-17(3)18-9-11-19(12-10-18)24(36)31-14-13-22(34)35/h6-12,15,17H,4-5,13-14,16H2,1-3H3,(H,31,36)(H,34,35). The number of rotatable bonds is 10. The van der Waals surface area contributed by atoms with Crippen LogP contribution < -0.4 is 5.32 Å². The van der Waals surface area contributed by atoms with Gasteiger partial charge in [-0.2, -0.15) is 13.2 Å². The lowest BCUT2D eigenvalue weighted by Gasteiger charge is -2.36. The Kier molecular flexibility index (Phi) is 8.40. The van der Waals surface area contributed by atoms with Crippen LogP contribution in [0.25, 0.3) is 0 Å². The number of carbonyl (C=O) groups is 3. The molecule has 2 aromatic carbocycles. The van der Waals surface area contributed by atoms with E-state index in [0.717, 1.165) is 17.7 Å². The number of alkyl halides is 3. The molecule has 0 aromatic heterocycles. The van der Waals surface area contributed by atoms with Gasteiger partial charge in [-0.15, -0.1) is 0 Å². The normalized spacial score (nSPS) is 15.9. The molecule has 10 heteroatoms. The Hall–Kier alpha value is -3.69. The van der Waals surface area contributed by atoms with Crippen molar-refractivity contribution < 1.29 is 32.7 Å². The summed E-state index contributed by atoms with van der Waals surface area (Å²) in [6.07, 6.45) is -3.70. The van der Waals surface area contributed by atoms with Gasteiger partial charge in [0.2, 0.25) is 0 Å². The minimum Gasteiger partial charge on any atom is -0.481 e. The van der Waals surface area contributed by atoms with E-state index < -0.39 is 29.3 Å². The first kappa shape index (κ1) is 27.9. The number of hydrogen-bond donors (Lipinski definition) is 2. The fraction of sp³-hybridized carbons (Fsp3) is 0.407. The highest BCUT2D eigenvalue weighted by Crippen LogP contribution is 2.36. The summed E-state index contributed by atoms with van der Waals surface area (Å²) in [6, 6.07) is 11.5. The Labute approximate surface area is 213 Å². The summed E-state index contributed by atoms with van der Waals surface area (Å²) in [5, 5.41) is 11.2. The Morgan fingerprint density at radius 3 is 2.32 bits per heavy atom. The Morgan fingerprint density at radius 1 is 1.11 bits per heavy atom. The summed E-state index contributed by atoms with van der Waals surface area (Å²) < 4.78 is 39.8. The second-order valence-electron chi connectivity index (χ2n) is 9.07. The molecule has 2 amide bonds. The van der Waals surface area contributed by atoms with Crippen molar-refractivity contribution in [2.75, 3.05) is 13.1 Å². The molecule has 1 aliphatic heterocycles. The number of carbonyl (C=O) groups excluding carboxylic acids is 2. The average molecular weight is 518 g/mol. The van der Waals surface area contributed by atoms with Crippen LogP contribution in [0.2, 0.25) is 0 Å². The molecule has 198 valence electrons. The summed E-state index contributed by atoms with van der Waals surface area (Å²) in [5.74, 6) is -1.95. The molecule has 1 unspecified atom stereocenters. The second kappa shape index (κ2) is 11.1. The molecule has 1 heterocycles. The number of aliphatic imine (C=N–C) groups is 1. The molecule has 2 aromatic rings. The van der Waals surface area contributed by atoms with E-state index in [1.165, 1.54) is 12.1 Å². The fourth-order valence-electron chi connectivity index (χ4n) is 4.43. The maximum Gasteiger partial charge on any atom is 0.416 e. The highest BCUT2D eigenvalue weighted by molar-refractivity contribution is 6.46. The topological polar surface area (TPSA) is 99.1 Å². The Balaban J connectivity index is 1.79. The van der Waals surface area contributed by atoms with Crippen molar-refractivity contribution in [2.45, 2.75) is 57.8 Å². The first-order valence-electron chi connectivity index (χ1n) is 12.1. The van der Waals surface area contributed by atoms with Crippen LogP contribution in [-0.2, 0) is 15.8 Å². The van der Waals surface area contributed by atoms with Gasteiger partial charge in [0.05, 0.1) is 12.0 Å². The molecule has 0 aliphatic carbocycles. The first-order valence-corrected chi connectivity index (χ1v) is 12.1. The lowest BCUT2D eigenvalue weighted by molar-refractivity contribution is -0.138. The van der Waals surface area contributed by atoms with Crippen LogP contribution in [-0.4, -0.2) is 52.3 Å². The number of benzene rings is 2. The van der Waals surface area contributed by atoms with Crippen molar-refractivity contribution in [1.29, 1.82) is 0 Å². The predicted octanol–water partition coefficient (Wildman–Crippen LogP) is 4.86. The average Bonchev–Trinajstić information content (AvgIpc) is 3.15. The molecule has 1 aliphatic rings. The number of carboxylic acids is 1. The van der Waals surface area contributed by atoms with E-state index in [-0.39, 0.29) is 42.6 Å². The molecule has 0 bridgehead atoms. The first-order chi connectivity index (χ1) is 17.4. The van der Waals surface area contributed by atoms with E-state index in [1.54, 1.807) is 29.2 Å². The molecule has 7 nitrogen and oxygen atoms in total. The van der Waals surface area contributed by atoms with E-state index in [2.05, 4.69) is 10.3 Å². The molecule has 0 fully saturated rings. The number of nitrogens with zero attached hydrogens (tertiary/aromatic N) is 2. The molecule has 3 rings (SSSR count). The molecule has 0 saturated heterocycles. The molecule has 2 N–H and O–H groups in total. The third-order valence-electron chi connectivity index (χ3n) is 6.69. The van der Waals surface area contributed by atoms with Gasteiger partial charge in [-0.25, -0.2) is 0 Å². The lowest BCUT2D eigenvalue weighted by atomic mass is 9.96. The highest BCUT2D eigenvalue weighted by atomic mass is 19.4. The smallest absolute Gasteiger partial charge is 0.416 e. The van der Waals surface area contributed by atoms with Gasteiger partial charge >= 0.3 is 12.1 Å². The number of carboxylic acid groups (broad SMARTS) is 1. The van der Waals surface area contributed by atoms with Crippen molar-refractivity contribution in [3.8, 4) is 0 Å². The maximum atomic E-state index is 13.5. The van der Waals surface area contributed by atoms with Gasteiger partial charge in [0.25, 0.3) is 11.8 Å². The summed E-state index contributed by atoms with van der Waals surface area (Å²) in [4.78, 5) is 42.6. The van der Waals surface area contributed by atoms with Gasteiger partial charge in [-0.05, 0) is 48.6 Å². The summed E-state index contributed by atoms with van der Waals surface area (Å²) in [5.41, 5.74) is -0.291. The van der Waals surface area contributed by atoms with E-state index >= 15 is 0 Å². The van der Waals surface area contributed by atoms with E-state index in [9.17, 15) is 27.6 Å². The van der Waals surface area contributed by atoms with Crippen LogP contribution in [0.3, 0.4) is 0 Å². The number of halogens is 3. The van der Waals surface area contributed by atoms with Gasteiger partial charge in [-0.3, -0.25) is 19.4 Å². The third-order valence-corrected chi connectivity index (χ3v) is 6.69. The summed E-state index contributed by atoms with van der Waals surface area (Å²) in [7, 11) is 0. The minimum absolute atomic E-state index is 0.0215. The van der Waals surface area contributed by atoms with E-state index in [1.807, 2.05) is 20.8 Å². The minimum atomic E-state index is -4.53. The Morgan fingerprint density at radius 2 is 1.76 bits per heavy atom. The van der Waals surface area contributed by atoms with E-state index in [0.29, 0.717) is 18.4 Å². The van der Waals surface area contributed by atoms with Gasteiger partial charge < -0.3 is 15.3 Å². The van der Waals surface area contributed by atoms with Crippen molar-refractivity contribution >= 4 is 23.5 Å². The molecule has 1 atom stereocenters. The largest absolute Gasteiger partial charge is 0.481 e. The van der Waals surface area contributed by atoms with E-state index in [4.69, 9.17) is 5.11 Å². The molecule has 37 heavy (non-hydrogen) atoms. The Bertz CT molecular complexity index is 1190. The van der Waals surface area contributed by atoms with Crippen LogP contribution in [0.1, 0.15) is 73.0 Å². The fourth-order valence-corrected chi connectivity index (χ4v) is 4.43. The van der Waals surface area contributed by atoms with Crippen molar-refractivity contribution in [1.82, 2.24) is 10.2 Å². The van der Waals surface area contributed by atoms with Crippen LogP contribution in [0.4, 0.5) is 13.2 Å². The molecule has 0 spiro atoms. The summed E-state index contributed by atoms with van der Waals surface area (Å²) >= 11 is 0. The van der Waals surface area contributed by atoms with Gasteiger partial charge in [0.15, 0.2) is 0 Å². The summed E-state index contributed by atoms with van der Waals surface area (Å²) in [6.45, 7) is 6.02. The van der Waals surface area contributed by atoms with Crippen LogP contribution >= 0.6 is 0 Å². The van der Waals surface area contributed by atoms with Gasteiger partial charge in [0.1, 0.15) is 11.4 Å². The number of amides is 2. The zero-order valence-corrected chi connectivity index (χ0v) is 20.9. The lowest BCUT2D eigenvalue weighted by Crippen LogP contribution is -2.47. The molecule has 0 radical (unpaired) electrons. The van der Waals surface area contributed by atoms with Crippen molar-refractivity contribution in [3.05, 3.63) is 70.8 Å². The monoisotopic (exact) mass is 517 g/mol.